The summed E-state index contributed by atoms with van der Waals surface area (Å²) < 4.78 is 47.5. The van der Waals surface area contributed by atoms with Crippen LogP contribution in [0.2, 0.25) is 0 Å². The number of anilines is 1. The predicted octanol–water partition coefficient (Wildman–Crippen LogP) is 5.16. The van der Waals surface area contributed by atoms with Gasteiger partial charge in [-0.3, -0.25) is 5.43 Å². The van der Waals surface area contributed by atoms with Crippen LogP contribution in [-0.4, -0.2) is 39.6 Å². The van der Waals surface area contributed by atoms with Gasteiger partial charge in [-0.2, -0.15) is 5.10 Å². The Labute approximate surface area is 209 Å². The van der Waals surface area contributed by atoms with Gasteiger partial charge < -0.3 is 14.8 Å². The van der Waals surface area contributed by atoms with Gasteiger partial charge in [0.25, 0.3) is 0 Å². The molecule has 184 valence electrons. The molecule has 0 saturated carbocycles. The van der Waals surface area contributed by atoms with Crippen molar-refractivity contribution in [2.45, 2.75) is 6.36 Å². The quantitative estimate of drug-likeness (QED) is 0.201. The third kappa shape index (κ3) is 6.79. The number of benzene rings is 3. The van der Waals surface area contributed by atoms with Crippen LogP contribution < -0.4 is 20.2 Å². The van der Waals surface area contributed by atoms with Crippen molar-refractivity contribution in [3.63, 3.8) is 0 Å². The molecule has 0 saturated heterocycles. The Bertz CT molecular complexity index is 1360. The Morgan fingerprint density at radius 1 is 1.03 bits per heavy atom. The molecule has 8 nitrogen and oxygen atoms in total. The number of thiocarbonyl (C=S) groups is 1. The minimum Gasteiger partial charge on any atom is -0.497 e. The number of hydrogen-bond donors (Lipinski definition) is 2. The van der Waals surface area contributed by atoms with Crippen molar-refractivity contribution < 1.29 is 22.6 Å². The molecule has 2 N–H and O–H groups in total. The molecule has 36 heavy (non-hydrogen) atoms. The van der Waals surface area contributed by atoms with E-state index < -0.39 is 6.36 Å². The van der Waals surface area contributed by atoms with Crippen LogP contribution in [0.15, 0.2) is 84.2 Å². The summed E-state index contributed by atoms with van der Waals surface area (Å²) >= 11 is 5.24. The number of nitrogens with one attached hydrogen (secondary N) is 2. The second-order valence-electron chi connectivity index (χ2n) is 7.23. The monoisotopic (exact) mass is 512 g/mol. The highest BCUT2D eigenvalue weighted by Crippen LogP contribution is 2.24. The van der Waals surface area contributed by atoms with Gasteiger partial charge in [0, 0.05) is 17.3 Å². The van der Waals surface area contributed by atoms with E-state index in [-0.39, 0.29) is 5.75 Å². The normalized spacial score (nSPS) is 11.3. The van der Waals surface area contributed by atoms with Crippen LogP contribution in [0.25, 0.3) is 17.1 Å². The van der Waals surface area contributed by atoms with Crippen molar-refractivity contribution in [1.29, 1.82) is 0 Å². The summed E-state index contributed by atoms with van der Waals surface area (Å²) in [6, 6.07) is 20.0. The van der Waals surface area contributed by atoms with Crippen LogP contribution >= 0.6 is 12.2 Å². The van der Waals surface area contributed by atoms with Crippen molar-refractivity contribution in [2.24, 2.45) is 5.10 Å². The molecule has 0 spiro atoms. The zero-order chi connectivity index (χ0) is 25.5. The highest BCUT2D eigenvalue weighted by Gasteiger charge is 2.31. The zero-order valence-corrected chi connectivity index (χ0v) is 19.5. The van der Waals surface area contributed by atoms with Crippen molar-refractivity contribution >= 4 is 29.2 Å². The fourth-order valence-corrected chi connectivity index (χ4v) is 3.23. The van der Waals surface area contributed by atoms with Crippen LogP contribution in [0.5, 0.6) is 11.5 Å². The molecule has 0 unspecified atom stereocenters. The highest BCUT2D eigenvalue weighted by atomic mass is 32.1. The molecule has 1 heterocycles. The number of hydrogen-bond acceptors (Lipinski definition) is 6. The maximum absolute atomic E-state index is 12.3. The van der Waals surface area contributed by atoms with Crippen molar-refractivity contribution in [2.75, 3.05) is 12.4 Å². The van der Waals surface area contributed by atoms with Crippen LogP contribution in [-0.2, 0) is 0 Å². The zero-order valence-electron chi connectivity index (χ0n) is 18.7. The molecule has 0 atom stereocenters. The number of halogens is 3. The Hall–Kier alpha value is -4.45. The van der Waals surface area contributed by atoms with Gasteiger partial charge in [0.05, 0.1) is 19.0 Å². The van der Waals surface area contributed by atoms with Crippen LogP contribution in [0, 0.1) is 0 Å². The average molecular weight is 513 g/mol. The van der Waals surface area contributed by atoms with E-state index in [0.29, 0.717) is 22.4 Å². The maximum Gasteiger partial charge on any atom is 0.573 e. The summed E-state index contributed by atoms with van der Waals surface area (Å²) in [7, 11) is 1.59. The second-order valence-corrected chi connectivity index (χ2v) is 7.64. The minimum absolute atomic E-state index is 0.310. The third-order valence-electron chi connectivity index (χ3n) is 4.70. The lowest BCUT2D eigenvalue weighted by molar-refractivity contribution is -0.274. The third-order valence-corrected chi connectivity index (χ3v) is 4.90. The number of aromatic nitrogens is 3. The summed E-state index contributed by atoms with van der Waals surface area (Å²) in [5.74, 6) is 0.852. The number of methoxy groups -OCH3 is 1. The van der Waals surface area contributed by atoms with E-state index in [1.807, 2.05) is 48.5 Å². The first-order chi connectivity index (χ1) is 17.3. The van der Waals surface area contributed by atoms with Gasteiger partial charge in [-0.25, -0.2) is 9.67 Å². The van der Waals surface area contributed by atoms with Gasteiger partial charge in [0.1, 0.15) is 17.8 Å². The van der Waals surface area contributed by atoms with E-state index >= 15 is 0 Å². The van der Waals surface area contributed by atoms with Gasteiger partial charge >= 0.3 is 6.36 Å². The van der Waals surface area contributed by atoms with Crippen molar-refractivity contribution in [1.82, 2.24) is 20.2 Å². The highest BCUT2D eigenvalue weighted by molar-refractivity contribution is 7.80. The first-order valence-electron chi connectivity index (χ1n) is 10.4. The number of hydrazone groups is 1. The van der Waals surface area contributed by atoms with E-state index in [4.69, 9.17) is 17.0 Å². The molecule has 0 aliphatic heterocycles. The Kier molecular flexibility index (Phi) is 7.44. The lowest BCUT2D eigenvalue weighted by Gasteiger charge is -2.09. The predicted molar refractivity (Wildman–Crippen MR) is 133 cm³/mol. The summed E-state index contributed by atoms with van der Waals surface area (Å²) in [6.07, 6.45) is -1.65. The van der Waals surface area contributed by atoms with E-state index in [1.165, 1.54) is 35.3 Å². The van der Waals surface area contributed by atoms with E-state index in [2.05, 4.69) is 30.7 Å². The lowest BCUT2D eigenvalue weighted by atomic mass is 10.1. The molecule has 0 aliphatic carbocycles. The van der Waals surface area contributed by atoms with E-state index in [1.54, 1.807) is 13.3 Å². The molecule has 0 amide bonds. The first-order valence-corrected chi connectivity index (χ1v) is 10.8. The average Bonchev–Trinajstić information content (AvgIpc) is 3.34. The molecule has 4 aromatic rings. The molecule has 4 rings (SSSR count). The number of alkyl halides is 3. The first kappa shape index (κ1) is 24.7. The maximum atomic E-state index is 12.3. The van der Waals surface area contributed by atoms with Crippen LogP contribution in [0.4, 0.5) is 18.9 Å². The summed E-state index contributed by atoms with van der Waals surface area (Å²) in [5, 5.41) is 11.9. The van der Waals surface area contributed by atoms with Crippen molar-refractivity contribution in [3.05, 3.63) is 84.7 Å². The molecule has 0 bridgehead atoms. The summed E-state index contributed by atoms with van der Waals surface area (Å²) in [5.41, 5.74) is 5.63. The van der Waals surface area contributed by atoms with Gasteiger partial charge in [0.15, 0.2) is 10.9 Å². The smallest absolute Gasteiger partial charge is 0.497 e. The number of nitrogens with zero attached hydrogens (tertiary/aromatic N) is 4. The molecule has 12 heteroatoms. The van der Waals surface area contributed by atoms with Crippen LogP contribution in [0.3, 0.4) is 0 Å². The standard InChI is InChI=1S/C24H19F3N6O2S/c1-34-21-4-2-3-18(13-21)30-23(36)31-29-14-16-5-7-17(8-6-16)22-28-15-33(32-22)19-9-11-20(12-10-19)35-24(25,26)27/h2-15H,1H3,(H2,30,31,36). The SMILES string of the molecule is COc1cccc(NC(=S)NN=Cc2ccc(-c3ncn(-c4ccc(OC(F)(F)F)cc4)n3)cc2)c1. The number of rotatable bonds is 7. The summed E-state index contributed by atoms with van der Waals surface area (Å²) in [4.78, 5) is 4.27. The fourth-order valence-electron chi connectivity index (χ4n) is 3.06. The van der Waals surface area contributed by atoms with E-state index in [0.717, 1.165) is 16.8 Å². The van der Waals surface area contributed by atoms with E-state index in [9.17, 15) is 13.2 Å². The Balaban J connectivity index is 1.34. The second kappa shape index (κ2) is 10.9. The number of ether oxygens (including phenoxy) is 2. The molecule has 0 aliphatic rings. The molecular weight excluding hydrogens is 493 g/mol. The van der Waals surface area contributed by atoms with Crippen LogP contribution in [0.1, 0.15) is 5.56 Å². The lowest BCUT2D eigenvalue weighted by Crippen LogP contribution is -2.23. The molecule has 0 fully saturated rings. The van der Waals surface area contributed by atoms with Gasteiger partial charge in [0.2, 0.25) is 0 Å². The van der Waals surface area contributed by atoms with Gasteiger partial charge in [-0.1, -0.05) is 30.3 Å². The molecular formula is C24H19F3N6O2S. The summed E-state index contributed by atoms with van der Waals surface area (Å²) in [6.45, 7) is 0. The molecule has 0 radical (unpaired) electrons. The van der Waals surface area contributed by atoms with Gasteiger partial charge in [-0.05, 0) is 54.2 Å². The Morgan fingerprint density at radius 3 is 2.47 bits per heavy atom. The fraction of sp³-hybridized carbons (Fsp3) is 0.0833. The largest absolute Gasteiger partial charge is 0.573 e. The van der Waals surface area contributed by atoms with Gasteiger partial charge in [-0.15, -0.1) is 18.3 Å². The topological polar surface area (TPSA) is 85.6 Å². The minimum atomic E-state index is -4.74. The van der Waals surface area contributed by atoms with Crippen molar-refractivity contribution in [3.8, 4) is 28.6 Å². The molecule has 3 aromatic carbocycles. The Morgan fingerprint density at radius 2 is 1.78 bits per heavy atom. The molecule has 1 aromatic heterocycles.